The molecule has 1 fully saturated rings. The monoisotopic (exact) mass is 233 g/mol. The Morgan fingerprint density at radius 3 is 2.65 bits per heavy atom. The van der Waals surface area contributed by atoms with Crippen LogP contribution in [0.15, 0.2) is 24.3 Å². The molecule has 3 nitrogen and oxygen atoms in total. The second-order valence-corrected chi connectivity index (χ2v) is 5.06. The van der Waals surface area contributed by atoms with E-state index in [4.69, 9.17) is 4.74 Å². The summed E-state index contributed by atoms with van der Waals surface area (Å²) in [5.74, 6) is -0.291. The van der Waals surface area contributed by atoms with Gasteiger partial charge in [-0.25, -0.2) is 4.79 Å². The molecule has 0 saturated heterocycles. The van der Waals surface area contributed by atoms with Crippen LogP contribution in [-0.4, -0.2) is 19.1 Å². The number of para-hydroxylation sites is 1. The average Bonchev–Trinajstić information content (AvgIpc) is 3.08. The second kappa shape index (κ2) is 4.40. The van der Waals surface area contributed by atoms with Gasteiger partial charge in [0.1, 0.15) is 0 Å². The number of benzene rings is 1. The van der Waals surface area contributed by atoms with E-state index in [1.165, 1.54) is 20.0 Å². The predicted octanol–water partition coefficient (Wildman–Crippen LogP) is 3.07. The Morgan fingerprint density at radius 2 is 2.06 bits per heavy atom. The fraction of sp³-hybridized carbons (Fsp3) is 0.500. The van der Waals surface area contributed by atoms with Gasteiger partial charge in [0, 0.05) is 11.7 Å². The van der Waals surface area contributed by atoms with Crippen LogP contribution >= 0.6 is 0 Å². The molecule has 0 heterocycles. The number of carbonyl (C=O) groups excluding carboxylic acids is 1. The SMILES string of the molecule is COC(=O)c1ccccc1NC(C)C1(C)CC1. The number of esters is 1. The molecule has 2 rings (SSSR count). The Balaban J connectivity index is 2.17. The van der Waals surface area contributed by atoms with Crippen molar-refractivity contribution in [3.63, 3.8) is 0 Å². The largest absolute Gasteiger partial charge is 0.465 e. The van der Waals surface area contributed by atoms with Crippen molar-refractivity contribution < 1.29 is 9.53 Å². The molecule has 1 aliphatic carbocycles. The molecule has 1 saturated carbocycles. The Hall–Kier alpha value is -1.51. The summed E-state index contributed by atoms with van der Waals surface area (Å²) in [7, 11) is 1.41. The molecule has 1 atom stereocenters. The van der Waals surface area contributed by atoms with Gasteiger partial charge in [0.05, 0.1) is 12.7 Å². The molecule has 0 spiro atoms. The molecule has 0 aromatic heterocycles. The number of ether oxygens (including phenoxy) is 1. The van der Waals surface area contributed by atoms with Gasteiger partial charge in [0.15, 0.2) is 0 Å². The van der Waals surface area contributed by atoms with Crippen LogP contribution in [0.5, 0.6) is 0 Å². The molecule has 17 heavy (non-hydrogen) atoms. The molecule has 1 aromatic rings. The van der Waals surface area contributed by atoms with Crippen molar-refractivity contribution in [2.75, 3.05) is 12.4 Å². The van der Waals surface area contributed by atoms with Crippen LogP contribution in [0, 0.1) is 5.41 Å². The number of nitrogens with one attached hydrogen (secondary N) is 1. The van der Waals surface area contributed by atoms with Gasteiger partial charge in [-0.15, -0.1) is 0 Å². The van der Waals surface area contributed by atoms with Crippen LogP contribution in [0.25, 0.3) is 0 Å². The van der Waals surface area contributed by atoms with E-state index in [9.17, 15) is 4.79 Å². The number of carbonyl (C=O) groups is 1. The molecule has 0 amide bonds. The van der Waals surface area contributed by atoms with Gasteiger partial charge >= 0.3 is 5.97 Å². The van der Waals surface area contributed by atoms with Gasteiger partial charge in [-0.2, -0.15) is 0 Å². The highest BCUT2D eigenvalue weighted by molar-refractivity contribution is 5.95. The fourth-order valence-corrected chi connectivity index (χ4v) is 1.93. The Kier molecular flexibility index (Phi) is 3.09. The van der Waals surface area contributed by atoms with Crippen molar-refractivity contribution in [1.82, 2.24) is 0 Å². The van der Waals surface area contributed by atoms with Crippen LogP contribution in [0.1, 0.15) is 37.0 Å². The van der Waals surface area contributed by atoms with Crippen LogP contribution in [0.4, 0.5) is 5.69 Å². The summed E-state index contributed by atoms with van der Waals surface area (Å²) in [4.78, 5) is 11.6. The number of methoxy groups -OCH3 is 1. The molecule has 1 aromatic carbocycles. The summed E-state index contributed by atoms with van der Waals surface area (Å²) < 4.78 is 4.78. The lowest BCUT2D eigenvalue weighted by Crippen LogP contribution is -2.26. The highest BCUT2D eigenvalue weighted by Crippen LogP contribution is 2.48. The molecule has 3 heteroatoms. The van der Waals surface area contributed by atoms with Crippen molar-refractivity contribution in [2.45, 2.75) is 32.7 Å². The van der Waals surface area contributed by atoms with E-state index in [0.29, 0.717) is 17.0 Å². The quantitative estimate of drug-likeness (QED) is 0.812. The fourth-order valence-electron chi connectivity index (χ4n) is 1.93. The Morgan fingerprint density at radius 1 is 1.41 bits per heavy atom. The van der Waals surface area contributed by atoms with Crippen molar-refractivity contribution >= 4 is 11.7 Å². The van der Waals surface area contributed by atoms with E-state index in [1.807, 2.05) is 18.2 Å². The summed E-state index contributed by atoms with van der Waals surface area (Å²) >= 11 is 0. The van der Waals surface area contributed by atoms with Gasteiger partial charge in [0.2, 0.25) is 0 Å². The Labute approximate surface area is 102 Å². The van der Waals surface area contributed by atoms with Gasteiger partial charge in [-0.3, -0.25) is 0 Å². The minimum Gasteiger partial charge on any atom is -0.465 e. The number of rotatable bonds is 4. The van der Waals surface area contributed by atoms with Crippen LogP contribution in [-0.2, 0) is 4.74 Å². The van der Waals surface area contributed by atoms with Gasteiger partial charge in [-0.05, 0) is 37.3 Å². The molecular weight excluding hydrogens is 214 g/mol. The number of hydrogen-bond donors (Lipinski definition) is 1. The van der Waals surface area contributed by atoms with Gasteiger partial charge in [-0.1, -0.05) is 19.1 Å². The van der Waals surface area contributed by atoms with E-state index < -0.39 is 0 Å². The van der Waals surface area contributed by atoms with Gasteiger partial charge in [0.25, 0.3) is 0 Å². The van der Waals surface area contributed by atoms with Crippen molar-refractivity contribution in [3.05, 3.63) is 29.8 Å². The molecule has 1 unspecified atom stereocenters. The topological polar surface area (TPSA) is 38.3 Å². The van der Waals surface area contributed by atoms with E-state index in [-0.39, 0.29) is 5.97 Å². The minimum atomic E-state index is -0.291. The van der Waals surface area contributed by atoms with E-state index in [0.717, 1.165) is 5.69 Å². The lowest BCUT2D eigenvalue weighted by atomic mass is 10.00. The van der Waals surface area contributed by atoms with Crippen molar-refractivity contribution in [2.24, 2.45) is 5.41 Å². The first kappa shape index (κ1) is 12.0. The maximum atomic E-state index is 11.6. The molecule has 1 N–H and O–H groups in total. The normalized spacial score (nSPS) is 18.3. The maximum absolute atomic E-state index is 11.6. The van der Waals surface area contributed by atoms with Crippen molar-refractivity contribution in [3.8, 4) is 0 Å². The van der Waals surface area contributed by atoms with E-state index in [1.54, 1.807) is 6.07 Å². The molecule has 0 aliphatic heterocycles. The lowest BCUT2D eigenvalue weighted by molar-refractivity contribution is 0.0601. The zero-order valence-corrected chi connectivity index (χ0v) is 10.6. The first-order valence-corrected chi connectivity index (χ1v) is 6.01. The first-order valence-electron chi connectivity index (χ1n) is 6.01. The molecular formula is C14H19NO2. The third-order valence-electron chi connectivity index (χ3n) is 3.79. The zero-order valence-electron chi connectivity index (χ0n) is 10.6. The van der Waals surface area contributed by atoms with Gasteiger partial charge < -0.3 is 10.1 Å². The highest BCUT2D eigenvalue weighted by Gasteiger charge is 2.42. The summed E-state index contributed by atoms with van der Waals surface area (Å²) in [6, 6.07) is 7.86. The van der Waals surface area contributed by atoms with E-state index in [2.05, 4.69) is 19.2 Å². The van der Waals surface area contributed by atoms with E-state index >= 15 is 0 Å². The molecule has 0 radical (unpaired) electrons. The molecule has 1 aliphatic rings. The predicted molar refractivity (Wildman–Crippen MR) is 68.2 cm³/mol. The highest BCUT2D eigenvalue weighted by atomic mass is 16.5. The van der Waals surface area contributed by atoms with Crippen LogP contribution in [0.2, 0.25) is 0 Å². The number of hydrogen-bond acceptors (Lipinski definition) is 3. The summed E-state index contributed by atoms with van der Waals surface area (Å²) in [6.45, 7) is 4.44. The smallest absolute Gasteiger partial charge is 0.339 e. The van der Waals surface area contributed by atoms with Crippen molar-refractivity contribution in [1.29, 1.82) is 0 Å². The standard InChI is InChI=1S/C14H19NO2/c1-10(14(2)8-9-14)15-12-7-5-4-6-11(12)13(16)17-3/h4-7,10,15H,8-9H2,1-3H3. The molecule has 92 valence electrons. The number of anilines is 1. The van der Waals surface area contributed by atoms with Crippen LogP contribution < -0.4 is 5.32 Å². The zero-order chi connectivity index (χ0) is 12.5. The first-order chi connectivity index (χ1) is 8.07. The molecule has 0 bridgehead atoms. The third kappa shape index (κ3) is 2.43. The maximum Gasteiger partial charge on any atom is 0.339 e. The second-order valence-electron chi connectivity index (χ2n) is 5.06. The minimum absolute atomic E-state index is 0.291. The lowest BCUT2D eigenvalue weighted by Gasteiger charge is -2.22. The average molecular weight is 233 g/mol. The summed E-state index contributed by atoms with van der Waals surface area (Å²) in [6.07, 6.45) is 2.50. The Bertz CT molecular complexity index is 424. The summed E-state index contributed by atoms with van der Waals surface area (Å²) in [5.41, 5.74) is 1.84. The summed E-state index contributed by atoms with van der Waals surface area (Å²) in [5, 5.41) is 3.43. The van der Waals surface area contributed by atoms with Crippen LogP contribution in [0.3, 0.4) is 0 Å². The third-order valence-corrected chi connectivity index (χ3v) is 3.79.